The normalized spacial score (nSPS) is 12.7. The molecule has 0 fully saturated rings. The molecule has 0 radical (unpaired) electrons. The Kier molecular flexibility index (Phi) is 3.97. The molecule has 0 aliphatic rings. The molecule has 0 atom stereocenters. The zero-order chi connectivity index (χ0) is 16.0. The van der Waals surface area contributed by atoms with Gasteiger partial charge in [-0.3, -0.25) is 4.57 Å². The Labute approximate surface area is 130 Å². The monoisotopic (exact) mass is 334 g/mol. The molecule has 1 N–H and O–H groups in total. The second kappa shape index (κ2) is 5.18. The Bertz CT molecular complexity index is 723. The van der Waals surface area contributed by atoms with E-state index in [1.54, 1.807) is 10.8 Å². The molecule has 2 rings (SSSR count). The lowest BCUT2D eigenvalue weighted by atomic mass is 9.92. The number of H-pyrrole nitrogens is 1. The molecule has 7 heteroatoms. The molecule has 21 heavy (non-hydrogen) atoms. The predicted octanol–water partition coefficient (Wildman–Crippen LogP) is 5.50. The van der Waals surface area contributed by atoms with Crippen LogP contribution in [0.4, 0.5) is 13.2 Å². The highest BCUT2D eigenvalue weighted by molar-refractivity contribution is 7.71. The summed E-state index contributed by atoms with van der Waals surface area (Å²) in [6.07, 6.45) is -2.75. The first-order chi connectivity index (χ1) is 9.50. The third kappa shape index (κ3) is 3.32. The number of imidazole rings is 1. The molecule has 0 aliphatic heterocycles. The van der Waals surface area contributed by atoms with Gasteiger partial charge in [0.1, 0.15) is 0 Å². The number of alkyl halides is 3. The van der Waals surface area contributed by atoms with E-state index in [4.69, 9.17) is 23.8 Å². The van der Waals surface area contributed by atoms with Crippen molar-refractivity contribution in [2.24, 2.45) is 0 Å². The molecular formula is C14H14ClF3N2S. The van der Waals surface area contributed by atoms with E-state index < -0.39 is 11.7 Å². The average molecular weight is 335 g/mol. The molecule has 1 aromatic heterocycles. The first-order valence-corrected chi connectivity index (χ1v) is 6.98. The second-order valence-electron chi connectivity index (χ2n) is 5.76. The molecule has 0 aliphatic carbocycles. The van der Waals surface area contributed by atoms with E-state index in [2.05, 4.69) is 4.98 Å². The predicted molar refractivity (Wildman–Crippen MR) is 79.7 cm³/mol. The van der Waals surface area contributed by atoms with Gasteiger partial charge in [0.2, 0.25) is 0 Å². The number of nitrogens with zero attached hydrogens (tertiary/aromatic N) is 1. The lowest BCUT2D eigenvalue weighted by Crippen LogP contribution is -2.17. The van der Waals surface area contributed by atoms with E-state index in [9.17, 15) is 13.2 Å². The van der Waals surface area contributed by atoms with Crippen molar-refractivity contribution in [1.82, 2.24) is 9.55 Å². The molecule has 1 heterocycles. The van der Waals surface area contributed by atoms with Crippen molar-refractivity contribution >= 4 is 23.8 Å². The molecule has 0 amide bonds. The second-order valence-corrected chi connectivity index (χ2v) is 6.58. The zero-order valence-electron chi connectivity index (χ0n) is 11.7. The Morgan fingerprint density at radius 1 is 1.14 bits per heavy atom. The first kappa shape index (κ1) is 16.1. The quantitative estimate of drug-likeness (QED) is 0.682. The summed E-state index contributed by atoms with van der Waals surface area (Å²) in [6.45, 7) is 5.87. The van der Waals surface area contributed by atoms with Gasteiger partial charge in [-0.1, -0.05) is 32.4 Å². The van der Waals surface area contributed by atoms with Gasteiger partial charge in [0.25, 0.3) is 0 Å². The van der Waals surface area contributed by atoms with Crippen molar-refractivity contribution < 1.29 is 13.2 Å². The maximum Gasteiger partial charge on any atom is 0.416 e. The van der Waals surface area contributed by atoms with Crippen LogP contribution in [0, 0.1) is 4.77 Å². The SMILES string of the molecule is CC(C)(C)c1c[nH]c(=S)n1-c1cc(Cl)cc(C(F)(F)F)c1. The van der Waals surface area contributed by atoms with Gasteiger partial charge >= 0.3 is 6.18 Å². The standard InChI is InChI=1S/C14H14ClF3N2S/c1-13(2,3)11-7-19-12(21)20(11)10-5-8(14(16,17)18)4-9(15)6-10/h4-7H,1-3H3,(H,19,21). The summed E-state index contributed by atoms with van der Waals surface area (Å²) < 4.78 is 40.7. The molecule has 1 aromatic carbocycles. The minimum Gasteiger partial charge on any atom is -0.337 e. The lowest BCUT2D eigenvalue weighted by molar-refractivity contribution is -0.137. The van der Waals surface area contributed by atoms with Gasteiger partial charge in [-0.15, -0.1) is 0 Å². The molecule has 0 saturated carbocycles. The van der Waals surface area contributed by atoms with Crippen molar-refractivity contribution in [3.8, 4) is 5.69 Å². The van der Waals surface area contributed by atoms with Gasteiger partial charge in [-0.05, 0) is 30.4 Å². The molecule has 0 spiro atoms. The van der Waals surface area contributed by atoms with Crippen LogP contribution in [-0.4, -0.2) is 9.55 Å². The summed E-state index contributed by atoms with van der Waals surface area (Å²) in [5.74, 6) is 0. The van der Waals surface area contributed by atoms with Crippen molar-refractivity contribution in [2.45, 2.75) is 32.4 Å². The highest BCUT2D eigenvalue weighted by Crippen LogP contribution is 2.34. The van der Waals surface area contributed by atoms with Gasteiger partial charge in [0.15, 0.2) is 4.77 Å². The molecule has 0 unspecified atom stereocenters. The summed E-state index contributed by atoms with van der Waals surface area (Å²) in [6, 6.07) is 3.42. The Morgan fingerprint density at radius 3 is 2.29 bits per heavy atom. The van der Waals surface area contributed by atoms with Crippen LogP contribution in [0.2, 0.25) is 5.02 Å². The van der Waals surface area contributed by atoms with E-state index in [0.717, 1.165) is 17.8 Å². The number of hydrogen-bond acceptors (Lipinski definition) is 1. The number of hydrogen-bond donors (Lipinski definition) is 1. The van der Waals surface area contributed by atoms with Gasteiger partial charge < -0.3 is 4.98 Å². The van der Waals surface area contributed by atoms with E-state index in [1.165, 1.54) is 6.07 Å². The van der Waals surface area contributed by atoms with Crippen LogP contribution in [0.15, 0.2) is 24.4 Å². The fourth-order valence-electron chi connectivity index (χ4n) is 2.04. The highest BCUT2D eigenvalue weighted by Gasteiger charge is 2.32. The Hall–Kier alpha value is -1.27. The third-order valence-corrected chi connectivity index (χ3v) is 3.53. The minimum atomic E-state index is -4.46. The summed E-state index contributed by atoms with van der Waals surface area (Å²) in [5, 5.41) is 0.0165. The Morgan fingerprint density at radius 2 is 1.76 bits per heavy atom. The van der Waals surface area contributed by atoms with E-state index in [1.807, 2.05) is 20.8 Å². The fourth-order valence-corrected chi connectivity index (χ4v) is 2.54. The molecular weight excluding hydrogens is 321 g/mol. The highest BCUT2D eigenvalue weighted by atomic mass is 35.5. The van der Waals surface area contributed by atoms with Crippen LogP contribution in [0.5, 0.6) is 0 Å². The van der Waals surface area contributed by atoms with Crippen LogP contribution in [0.3, 0.4) is 0 Å². The molecule has 114 valence electrons. The van der Waals surface area contributed by atoms with Crippen molar-refractivity contribution in [3.63, 3.8) is 0 Å². The number of nitrogens with one attached hydrogen (secondary N) is 1. The fraction of sp³-hybridized carbons (Fsp3) is 0.357. The van der Waals surface area contributed by atoms with Gasteiger partial charge in [0, 0.05) is 22.3 Å². The molecule has 0 bridgehead atoms. The summed E-state index contributed by atoms with van der Waals surface area (Å²) in [7, 11) is 0. The third-order valence-electron chi connectivity index (χ3n) is 3.01. The topological polar surface area (TPSA) is 20.7 Å². The van der Waals surface area contributed by atoms with E-state index in [-0.39, 0.29) is 10.4 Å². The van der Waals surface area contributed by atoms with Crippen molar-refractivity contribution in [2.75, 3.05) is 0 Å². The first-order valence-electron chi connectivity index (χ1n) is 6.19. The smallest absolute Gasteiger partial charge is 0.337 e. The van der Waals surface area contributed by atoms with Crippen molar-refractivity contribution in [1.29, 1.82) is 0 Å². The van der Waals surface area contributed by atoms with Crippen LogP contribution in [0.1, 0.15) is 32.0 Å². The largest absolute Gasteiger partial charge is 0.416 e. The van der Waals surface area contributed by atoms with E-state index >= 15 is 0 Å². The zero-order valence-corrected chi connectivity index (χ0v) is 13.2. The van der Waals surface area contributed by atoms with E-state index in [0.29, 0.717) is 10.5 Å². The number of rotatable bonds is 1. The summed E-state index contributed by atoms with van der Waals surface area (Å²) in [4.78, 5) is 2.87. The summed E-state index contributed by atoms with van der Waals surface area (Å²) in [5.41, 5.74) is -0.00397. The van der Waals surface area contributed by atoms with Crippen LogP contribution in [0.25, 0.3) is 5.69 Å². The van der Waals surface area contributed by atoms with Gasteiger partial charge in [-0.25, -0.2) is 0 Å². The molecule has 2 aromatic rings. The van der Waals surface area contributed by atoms with Crippen LogP contribution < -0.4 is 0 Å². The number of aromatic nitrogens is 2. The number of halogens is 4. The Balaban J connectivity index is 2.72. The maximum atomic E-state index is 12.9. The summed E-state index contributed by atoms with van der Waals surface area (Å²) >= 11 is 11.0. The van der Waals surface area contributed by atoms with Crippen LogP contribution in [-0.2, 0) is 11.6 Å². The minimum absolute atomic E-state index is 0.0165. The van der Waals surface area contributed by atoms with Gasteiger partial charge in [0.05, 0.1) is 11.3 Å². The van der Waals surface area contributed by atoms with Crippen LogP contribution >= 0.6 is 23.8 Å². The maximum absolute atomic E-state index is 12.9. The molecule has 0 saturated heterocycles. The number of benzene rings is 1. The average Bonchev–Trinajstić information content (AvgIpc) is 2.68. The van der Waals surface area contributed by atoms with Crippen molar-refractivity contribution in [3.05, 3.63) is 45.4 Å². The lowest BCUT2D eigenvalue weighted by Gasteiger charge is -2.21. The number of aromatic amines is 1. The van der Waals surface area contributed by atoms with Gasteiger partial charge in [-0.2, -0.15) is 13.2 Å². The molecule has 2 nitrogen and oxygen atoms in total.